The molecule has 0 radical (unpaired) electrons. The molecule has 0 saturated heterocycles. The van der Waals surface area contributed by atoms with Crippen LogP contribution in [-0.4, -0.2) is 23.1 Å². The third-order valence-electron chi connectivity index (χ3n) is 3.50. The Bertz CT molecular complexity index is 720. The number of rotatable bonds is 7. The summed E-state index contributed by atoms with van der Waals surface area (Å²) in [5.41, 5.74) is 0.518. The monoisotopic (exact) mass is 350 g/mol. The highest BCUT2D eigenvalue weighted by Gasteiger charge is 2.25. The maximum atomic E-state index is 12.4. The fourth-order valence-electron chi connectivity index (χ4n) is 2.29. The summed E-state index contributed by atoms with van der Waals surface area (Å²) in [6.07, 6.45) is 1.30. The summed E-state index contributed by atoms with van der Waals surface area (Å²) in [6.45, 7) is 7.55. The van der Waals surface area contributed by atoms with E-state index in [0.717, 1.165) is 22.6 Å². The molecule has 0 bridgehead atoms. The lowest BCUT2D eigenvalue weighted by atomic mass is 10.1. The van der Waals surface area contributed by atoms with Crippen LogP contribution < -0.4 is 5.32 Å². The molecular formula is C17H22N2O4S. The molecule has 0 aromatic carbocycles. The van der Waals surface area contributed by atoms with Crippen LogP contribution in [0.2, 0.25) is 0 Å². The molecule has 2 rings (SSSR count). The van der Waals surface area contributed by atoms with Gasteiger partial charge in [-0.15, -0.1) is 11.3 Å². The SMILES string of the molecule is CCCCC(OC(=O)c1cc(C)sc1C)C(=O)Nc1cc(C)on1. The Balaban J connectivity index is 2.07. The van der Waals surface area contributed by atoms with Gasteiger partial charge in [0.25, 0.3) is 5.91 Å². The van der Waals surface area contributed by atoms with Crippen LogP contribution in [0, 0.1) is 20.8 Å². The van der Waals surface area contributed by atoms with Crippen molar-refractivity contribution in [3.63, 3.8) is 0 Å². The van der Waals surface area contributed by atoms with Crippen molar-refractivity contribution in [3.8, 4) is 0 Å². The van der Waals surface area contributed by atoms with Crippen LogP contribution in [0.3, 0.4) is 0 Å². The summed E-state index contributed by atoms with van der Waals surface area (Å²) in [5, 5.41) is 6.36. The predicted molar refractivity (Wildman–Crippen MR) is 92.4 cm³/mol. The highest BCUT2D eigenvalue weighted by atomic mass is 32.1. The Kier molecular flexibility index (Phi) is 6.14. The molecule has 0 saturated carbocycles. The van der Waals surface area contributed by atoms with Gasteiger partial charge in [-0.2, -0.15) is 0 Å². The van der Waals surface area contributed by atoms with Crippen molar-refractivity contribution in [2.75, 3.05) is 5.32 Å². The lowest BCUT2D eigenvalue weighted by molar-refractivity contribution is -0.125. The lowest BCUT2D eigenvalue weighted by Gasteiger charge is -2.16. The molecule has 2 heterocycles. The second-order valence-corrected chi connectivity index (χ2v) is 7.14. The van der Waals surface area contributed by atoms with E-state index in [9.17, 15) is 9.59 Å². The molecule has 1 unspecified atom stereocenters. The van der Waals surface area contributed by atoms with Gasteiger partial charge in [0.1, 0.15) is 5.76 Å². The zero-order valence-corrected chi connectivity index (χ0v) is 15.2. The van der Waals surface area contributed by atoms with E-state index in [1.165, 1.54) is 11.3 Å². The Hall–Kier alpha value is -2.15. The van der Waals surface area contributed by atoms with Crippen molar-refractivity contribution in [3.05, 3.63) is 33.2 Å². The van der Waals surface area contributed by atoms with Crippen LogP contribution in [0.5, 0.6) is 0 Å². The van der Waals surface area contributed by atoms with Crippen LogP contribution in [0.15, 0.2) is 16.7 Å². The molecule has 24 heavy (non-hydrogen) atoms. The summed E-state index contributed by atoms with van der Waals surface area (Å²) < 4.78 is 10.4. The number of nitrogens with one attached hydrogen (secondary N) is 1. The fraction of sp³-hybridized carbons (Fsp3) is 0.471. The van der Waals surface area contributed by atoms with E-state index in [0.29, 0.717) is 23.6 Å². The first-order chi connectivity index (χ1) is 11.4. The van der Waals surface area contributed by atoms with Gasteiger partial charge in [-0.3, -0.25) is 4.79 Å². The number of hydrogen-bond donors (Lipinski definition) is 1. The number of anilines is 1. The summed E-state index contributed by atoms with van der Waals surface area (Å²) >= 11 is 1.53. The quantitative estimate of drug-likeness (QED) is 0.763. The van der Waals surface area contributed by atoms with Gasteiger partial charge in [0.15, 0.2) is 11.9 Å². The van der Waals surface area contributed by atoms with Gasteiger partial charge in [-0.1, -0.05) is 18.5 Å². The van der Waals surface area contributed by atoms with E-state index < -0.39 is 18.0 Å². The van der Waals surface area contributed by atoms with Gasteiger partial charge in [0, 0.05) is 15.8 Å². The van der Waals surface area contributed by atoms with E-state index in [1.54, 1.807) is 19.1 Å². The molecule has 0 aliphatic heterocycles. The topological polar surface area (TPSA) is 81.4 Å². The maximum Gasteiger partial charge on any atom is 0.340 e. The van der Waals surface area contributed by atoms with Crippen molar-refractivity contribution in [2.45, 2.75) is 53.1 Å². The molecule has 130 valence electrons. The molecule has 0 aliphatic carbocycles. The first-order valence-corrected chi connectivity index (χ1v) is 8.74. The Labute approximate surface area is 145 Å². The van der Waals surface area contributed by atoms with Crippen LogP contribution in [-0.2, 0) is 9.53 Å². The first-order valence-electron chi connectivity index (χ1n) is 7.93. The number of aromatic nitrogens is 1. The Morgan fingerprint density at radius 1 is 1.33 bits per heavy atom. The van der Waals surface area contributed by atoms with Crippen LogP contribution in [0.25, 0.3) is 0 Å². The minimum Gasteiger partial charge on any atom is -0.449 e. The molecule has 0 fully saturated rings. The van der Waals surface area contributed by atoms with Gasteiger partial charge in [0.05, 0.1) is 5.56 Å². The van der Waals surface area contributed by atoms with Gasteiger partial charge in [0.2, 0.25) is 0 Å². The summed E-state index contributed by atoms with van der Waals surface area (Å²) in [5.74, 6) is 0.0496. The van der Waals surface area contributed by atoms with Crippen LogP contribution in [0.4, 0.5) is 5.82 Å². The van der Waals surface area contributed by atoms with E-state index in [1.807, 2.05) is 20.8 Å². The average molecular weight is 350 g/mol. The van der Waals surface area contributed by atoms with Gasteiger partial charge in [-0.05, 0) is 39.7 Å². The third kappa shape index (κ3) is 4.67. The van der Waals surface area contributed by atoms with Gasteiger partial charge < -0.3 is 14.6 Å². The molecule has 2 aromatic heterocycles. The molecule has 1 amide bonds. The van der Waals surface area contributed by atoms with Crippen molar-refractivity contribution >= 4 is 29.0 Å². The van der Waals surface area contributed by atoms with Gasteiger partial charge in [-0.25, -0.2) is 4.79 Å². The molecule has 6 nitrogen and oxygen atoms in total. The van der Waals surface area contributed by atoms with Crippen molar-refractivity contribution in [1.29, 1.82) is 0 Å². The minimum atomic E-state index is -0.853. The molecule has 7 heteroatoms. The maximum absolute atomic E-state index is 12.4. The third-order valence-corrected chi connectivity index (χ3v) is 4.47. The molecule has 2 aromatic rings. The highest BCUT2D eigenvalue weighted by Crippen LogP contribution is 2.22. The number of carbonyl (C=O) groups is 2. The van der Waals surface area contributed by atoms with Crippen LogP contribution >= 0.6 is 11.3 Å². The minimum absolute atomic E-state index is 0.317. The summed E-state index contributed by atoms with van der Waals surface area (Å²) in [6, 6.07) is 3.40. The smallest absolute Gasteiger partial charge is 0.340 e. The standard InChI is InChI=1S/C17H22N2O4S/c1-5-6-7-14(16(20)18-15-8-10(2)23-19-15)22-17(21)13-9-11(3)24-12(13)4/h8-9,14H,5-7H2,1-4H3,(H,18,19,20). The Morgan fingerprint density at radius 3 is 2.62 bits per heavy atom. The number of esters is 1. The number of aryl methyl sites for hydroxylation is 3. The molecule has 1 N–H and O–H groups in total. The van der Waals surface area contributed by atoms with Gasteiger partial charge >= 0.3 is 5.97 Å². The first kappa shape index (κ1) is 18.2. The number of carbonyl (C=O) groups excluding carboxylic acids is 2. The number of ether oxygens (including phenoxy) is 1. The van der Waals surface area contributed by atoms with E-state index in [-0.39, 0.29) is 0 Å². The van der Waals surface area contributed by atoms with E-state index in [4.69, 9.17) is 9.26 Å². The molecule has 0 spiro atoms. The van der Waals surface area contributed by atoms with Crippen molar-refractivity contribution in [1.82, 2.24) is 5.16 Å². The molecule has 1 atom stereocenters. The number of unbranched alkanes of at least 4 members (excludes halogenated alkanes) is 1. The second kappa shape index (κ2) is 8.10. The largest absolute Gasteiger partial charge is 0.449 e. The molecule has 0 aliphatic rings. The number of hydrogen-bond acceptors (Lipinski definition) is 6. The average Bonchev–Trinajstić information content (AvgIpc) is 3.08. The Morgan fingerprint density at radius 2 is 2.08 bits per heavy atom. The normalized spacial score (nSPS) is 12.0. The number of nitrogens with zero attached hydrogens (tertiary/aromatic N) is 1. The van der Waals surface area contributed by atoms with Crippen LogP contribution in [0.1, 0.15) is 52.1 Å². The molecular weight excluding hydrogens is 328 g/mol. The number of amides is 1. The highest BCUT2D eigenvalue weighted by molar-refractivity contribution is 7.12. The van der Waals surface area contributed by atoms with Crippen molar-refractivity contribution < 1.29 is 18.8 Å². The second-order valence-electron chi connectivity index (χ2n) is 5.68. The zero-order valence-electron chi connectivity index (χ0n) is 14.3. The summed E-state index contributed by atoms with van der Waals surface area (Å²) in [4.78, 5) is 26.7. The lowest BCUT2D eigenvalue weighted by Crippen LogP contribution is -2.32. The van der Waals surface area contributed by atoms with E-state index >= 15 is 0 Å². The fourth-order valence-corrected chi connectivity index (χ4v) is 3.20. The number of thiophene rings is 1. The summed E-state index contributed by atoms with van der Waals surface area (Å²) in [7, 11) is 0. The predicted octanol–water partition coefficient (Wildman–Crippen LogP) is 4.02. The zero-order chi connectivity index (χ0) is 17.7. The van der Waals surface area contributed by atoms with Crippen molar-refractivity contribution in [2.24, 2.45) is 0 Å². The van der Waals surface area contributed by atoms with E-state index in [2.05, 4.69) is 10.5 Å².